The first-order valence-electron chi connectivity index (χ1n) is 6.37. The van der Waals surface area contributed by atoms with Crippen molar-refractivity contribution in [3.63, 3.8) is 0 Å². The molecule has 0 aliphatic carbocycles. The van der Waals surface area contributed by atoms with Crippen molar-refractivity contribution < 1.29 is 4.92 Å². The zero-order valence-electron chi connectivity index (χ0n) is 11.0. The summed E-state index contributed by atoms with van der Waals surface area (Å²) in [4.78, 5) is 10.5. The number of nitrogens with zero attached hydrogens (tertiary/aromatic N) is 2. The summed E-state index contributed by atoms with van der Waals surface area (Å²) in [5.74, 6) is 0. The highest BCUT2D eigenvalue weighted by Gasteiger charge is 2.14. The molecule has 0 N–H and O–H groups in total. The first kappa shape index (κ1) is 12.8. The number of nitriles is 1. The molecule has 3 aromatic rings. The first-order chi connectivity index (χ1) is 10.2. The molecule has 4 nitrogen and oxygen atoms in total. The maximum absolute atomic E-state index is 11.0. The van der Waals surface area contributed by atoms with Crippen molar-refractivity contribution in [1.82, 2.24) is 0 Å². The number of benzene rings is 3. The molecule has 0 aliphatic heterocycles. The molecule has 0 fully saturated rings. The standard InChI is InChI=1S/C17H10N2O2/c18-11-13-8-9-14(19(20)21)10-17(13)16-7-3-5-12-4-1-2-6-15(12)16/h1-10H. The second-order valence-electron chi connectivity index (χ2n) is 4.63. The van der Waals surface area contributed by atoms with Crippen LogP contribution in [0, 0.1) is 21.4 Å². The lowest BCUT2D eigenvalue weighted by atomic mass is 9.94. The van der Waals surface area contributed by atoms with Crippen molar-refractivity contribution in [2.75, 3.05) is 0 Å². The Morgan fingerprint density at radius 2 is 1.71 bits per heavy atom. The van der Waals surface area contributed by atoms with E-state index in [1.165, 1.54) is 18.2 Å². The minimum Gasteiger partial charge on any atom is -0.258 e. The monoisotopic (exact) mass is 274 g/mol. The third-order valence-corrected chi connectivity index (χ3v) is 3.41. The van der Waals surface area contributed by atoms with Crippen LogP contribution in [0.4, 0.5) is 5.69 Å². The molecule has 0 unspecified atom stereocenters. The lowest BCUT2D eigenvalue weighted by Gasteiger charge is -2.08. The van der Waals surface area contributed by atoms with Crippen LogP contribution in [0.3, 0.4) is 0 Å². The minimum atomic E-state index is -0.449. The zero-order chi connectivity index (χ0) is 14.8. The molecule has 0 radical (unpaired) electrons. The van der Waals surface area contributed by atoms with Crippen molar-refractivity contribution in [3.05, 3.63) is 76.3 Å². The summed E-state index contributed by atoms with van der Waals surface area (Å²) in [6.07, 6.45) is 0. The van der Waals surface area contributed by atoms with E-state index in [0.717, 1.165) is 16.3 Å². The normalized spacial score (nSPS) is 10.2. The first-order valence-corrected chi connectivity index (χ1v) is 6.37. The number of hydrogen-bond acceptors (Lipinski definition) is 3. The van der Waals surface area contributed by atoms with E-state index in [9.17, 15) is 15.4 Å². The topological polar surface area (TPSA) is 66.9 Å². The third kappa shape index (κ3) is 2.21. The molecule has 0 heterocycles. The van der Waals surface area contributed by atoms with Gasteiger partial charge in [-0.25, -0.2) is 0 Å². The molecule has 4 heteroatoms. The molecule has 0 saturated carbocycles. The SMILES string of the molecule is N#Cc1ccc([N+](=O)[O-])cc1-c1cccc2ccccc12. The van der Waals surface area contributed by atoms with Gasteiger partial charge in [0.1, 0.15) is 0 Å². The van der Waals surface area contributed by atoms with Crippen LogP contribution in [0.25, 0.3) is 21.9 Å². The van der Waals surface area contributed by atoms with Gasteiger partial charge < -0.3 is 0 Å². The van der Waals surface area contributed by atoms with E-state index in [1.807, 2.05) is 42.5 Å². The second kappa shape index (κ2) is 5.06. The van der Waals surface area contributed by atoms with Crippen LogP contribution < -0.4 is 0 Å². The van der Waals surface area contributed by atoms with E-state index in [4.69, 9.17) is 0 Å². The fourth-order valence-corrected chi connectivity index (χ4v) is 2.43. The smallest absolute Gasteiger partial charge is 0.258 e. The van der Waals surface area contributed by atoms with Gasteiger partial charge in [-0.05, 0) is 22.4 Å². The highest BCUT2D eigenvalue weighted by Crippen LogP contribution is 2.33. The minimum absolute atomic E-state index is 0.0167. The van der Waals surface area contributed by atoms with E-state index in [2.05, 4.69) is 6.07 Å². The molecule has 100 valence electrons. The molecule has 3 rings (SSSR count). The van der Waals surface area contributed by atoms with Gasteiger partial charge in [0.2, 0.25) is 0 Å². The Morgan fingerprint density at radius 1 is 0.952 bits per heavy atom. The van der Waals surface area contributed by atoms with Crippen LogP contribution in [-0.2, 0) is 0 Å². The van der Waals surface area contributed by atoms with E-state index in [-0.39, 0.29) is 5.69 Å². The van der Waals surface area contributed by atoms with Crippen LogP contribution >= 0.6 is 0 Å². The summed E-state index contributed by atoms with van der Waals surface area (Å²) in [7, 11) is 0. The predicted octanol–water partition coefficient (Wildman–Crippen LogP) is 4.29. The number of nitro groups is 1. The summed E-state index contributed by atoms with van der Waals surface area (Å²) >= 11 is 0. The van der Waals surface area contributed by atoms with Gasteiger partial charge >= 0.3 is 0 Å². The quantitative estimate of drug-likeness (QED) is 0.517. The Hall–Kier alpha value is -3.19. The lowest BCUT2D eigenvalue weighted by Crippen LogP contribution is -1.92. The Balaban J connectivity index is 2.34. The zero-order valence-corrected chi connectivity index (χ0v) is 11.0. The average molecular weight is 274 g/mol. The molecule has 0 atom stereocenters. The lowest BCUT2D eigenvalue weighted by molar-refractivity contribution is -0.384. The highest BCUT2D eigenvalue weighted by molar-refractivity contribution is 5.98. The second-order valence-corrected chi connectivity index (χ2v) is 4.63. The van der Waals surface area contributed by atoms with Gasteiger partial charge in [-0.3, -0.25) is 10.1 Å². The molecule has 0 aromatic heterocycles. The molecule has 0 saturated heterocycles. The largest absolute Gasteiger partial charge is 0.270 e. The summed E-state index contributed by atoms with van der Waals surface area (Å²) in [5.41, 5.74) is 1.82. The summed E-state index contributed by atoms with van der Waals surface area (Å²) in [5, 5.41) is 22.2. The molecule has 21 heavy (non-hydrogen) atoms. The van der Waals surface area contributed by atoms with Gasteiger partial charge in [-0.1, -0.05) is 42.5 Å². The predicted molar refractivity (Wildman–Crippen MR) is 80.8 cm³/mol. The van der Waals surface area contributed by atoms with Crippen LogP contribution in [0.5, 0.6) is 0 Å². The Labute approximate surface area is 121 Å². The molecule has 0 bridgehead atoms. The number of rotatable bonds is 2. The maximum Gasteiger partial charge on any atom is 0.270 e. The summed E-state index contributed by atoms with van der Waals surface area (Å²) < 4.78 is 0. The van der Waals surface area contributed by atoms with E-state index < -0.39 is 4.92 Å². The Bertz CT molecular complexity index is 889. The van der Waals surface area contributed by atoms with E-state index >= 15 is 0 Å². The van der Waals surface area contributed by atoms with Crippen molar-refractivity contribution in [2.45, 2.75) is 0 Å². The summed E-state index contributed by atoms with van der Waals surface area (Å²) in [6, 6.07) is 19.9. The molecule has 0 aliphatic rings. The van der Waals surface area contributed by atoms with Crippen LogP contribution in [-0.4, -0.2) is 4.92 Å². The van der Waals surface area contributed by atoms with Crippen molar-refractivity contribution >= 4 is 16.5 Å². The summed E-state index contributed by atoms with van der Waals surface area (Å²) in [6.45, 7) is 0. The average Bonchev–Trinajstić information content (AvgIpc) is 2.53. The van der Waals surface area contributed by atoms with Crippen molar-refractivity contribution in [1.29, 1.82) is 5.26 Å². The third-order valence-electron chi connectivity index (χ3n) is 3.41. The number of non-ortho nitro benzene ring substituents is 1. The van der Waals surface area contributed by atoms with Gasteiger partial charge in [-0.15, -0.1) is 0 Å². The van der Waals surface area contributed by atoms with Gasteiger partial charge in [0.15, 0.2) is 0 Å². The molecular weight excluding hydrogens is 264 g/mol. The van der Waals surface area contributed by atoms with E-state index in [0.29, 0.717) is 11.1 Å². The number of fused-ring (bicyclic) bond motifs is 1. The van der Waals surface area contributed by atoms with Crippen LogP contribution in [0.1, 0.15) is 5.56 Å². The molecular formula is C17H10N2O2. The van der Waals surface area contributed by atoms with Gasteiger partial charge in [-0.2, -0.15) is 5.26 Å². The highest BCUT2D eigenvalue weighted by atomic mass is 16.6. The Kier molecular flexibility index (Phi) is 3.09. The maximum atomic E-state index is 11.0. The molecule has 0 spiro atoms. The van der Waals surface area contributed by atoms with E-state index in [1.54, 1.807) is 0 Å². The van der Waals surface area contributed by atoms with Crippen LogP contribution in [0.2, 0.25) is 0 Å². The fraction of sp³-hybridized carbons (Fsp3) is 0. The number of nitro benzene ring substituents is 1. The van der Waals surface area contributed by atoms with Gasteiger partial charge in [0, 0.05) is 17.7 Å². The van der Waals surface area contributed by atoms with Gasteiger partial charge in [0.25, 0.3) is 5.69 Å². The van der Waals surface area contributed by atoms with Gasteiger partial charge in [0.05, 0.1) is 16.6 Å². The van der Waals surface area contributed by atoms with Crippen LogP contribution in [0.15, 0.2) is 60.7 Å². The molecule has 3 aromatic carbocycles. The molecule has 0 amide bonds. The van der Waals surface area contributed by atoms with Crippen molar-refractivity contribution in [3.8, 4) is 17.2 Å². The Morgan fingerprint density at radius 3 is 2.48 bits per heavy atom. The fourth-order valence-electron chi connectivity index (χ4n) is 2.43. The van der Waals surface area contributed by atoms with Crippen molar-refractivity contribution in [2.24, 2.45) is 0 Å². The number of hydrogen-bond donors (Lipinski definition) is 0.